The number of carbonyl (C=O) groups is 4. The minimum atomic E-state index is -1.11. The number of aryl methyl sites for hydroxylation is 1. The molecule has 0 unspecified atom stereocenters. The number of ether oxygens (including phenoxy) is 1. The normalized spacial score (nSPS) is 25.8. The van der Waals surface area contributed by atoms with Gasteiger partial charge in [0.25, 0.3) is 5.91 Å². The van der Waals surface area contributed by atoms with Gasteiger partial charge in [-0.3, -0.25) is 23.9 Å². The summed E-state index contributed by atoms with van der Waals surface area (Å²) in [7, 11) is 3.40. The van der Waals surface area contributed by atoms with Crippen LogP contribution in [-0.4, -0.2) is 93.1 Å². The van der Waals surface area contributed by atoms with Crippen molar-refractivity contribution >= 4 is 23.6 Å². The zero-order valence-corrected chi connectivity index (χ0v) is 24.9. The molecule has 2 fully saturated rings. The molecule has 3 aliphatic heterocycles. The van der Waals surface area contributed by atoms with Crippen molar-refractivity contribution in [1.29, 1.82) is 0 Å². The minimum absolute atomic E-state index is 0.220. The van der Waals surface area contributed by atoms with Crippen LogP contribution in [0.2, 0.25) is 0 Å². The maximum atomic E-state index is 14.5. The van der Waals surface area contributed by atoms with Gasteiger partial charge in [0, 0.05) is 37.8 Å². The van der Waals surface area contributed by atoms with Gasteiger partial charge >= 0.3 is 0 Å². The van der Waals surface area contributed by atoms with Crippen molar-refractivity contribution in [3.05, 3.63) is 47.8 Å². The fourth-order valence-corrected chi connectivity index (χ4v) is 6.38. The average molecular weight is 580 g/mol. The molecule has 0 saturated carbocycles. The fourth-order valence-electron chi connectivity index (χ4n) is 6.38. The van der Waals surface area contributed by atoms with Crippen LogP contribution in [0.25, 0.3) is 0 Å². The third-order valence-corrected chi connectivity index (χ3v) is 8.98. The molecule has 4 amide bonds. The molecule has 0 radical (unpaired) electrons. The molecule has 1 aromatic heterocycles. The van der Waals surface area contributed by atoms with Crippen LogP contribution in [0.4, 0.5) is 0 Å². The molecule has 0 aliphatic carbocycles. The van der Waals surface area contributed by atoms with Crippen LogP contribution < -0.4 is 20.7 Å². The van der Waals surface area contributed by atoms with Gasteiger partial charge in [0.15, 0.2) is 0 Å². The molecule has 0 spiro atoms. The zero-order chi connectivity index (χ0) is 30.2. The Morgan fingerprint density at radius 2 is 1.86 bits per heavy atom. The topological polar surface area (TPSA) is 138 Å². The highest BCUT2D eigenvalue weighted by molar-refractivity contribution is 5.98. The third kappa shape index (κ3) is 5.47. The number of para-hydroxylation sites is 1. The summed E-state index contributed by atoms with van der Waals surface area (Å²) in [6.07, 6.45) is 5.41. The summed E-state index contributed by atoms with van der Waals surface area (Å²) in [4.78, 5) is 58.6. The zero-order valence-electron chi connectivity index (χ0n) is 24.9. The number of benzene rings is 1. The van der Waals surface area contributed by atoms with E-state index in [0.29, 0.717) is 44.4 Å². The standard InChI is InChI=1S/C30H41N7O5/c1-18(31-4)26(38)34-25-29(41)37-20(12-14-36(30(25,2)3)28(40)19-16-32-35(5)17-19)10-11-23(37)27(39)33-22-13-15-42-24-9-7-6-8-21(22)24/h6-9,16-18,20,22-23,25,31H,10-15H2,1-5H3,(H,33,39)(H,34,38)/t18-,20+,22+,23-,25+/m0/s1. The number of aromatic nitrogens is 2. The van der Waals surface area contributed by atoms with Crippen molar-refractivity contribution in [2.45, 2.75) is 82.2 Å². The fraction of sp³-hybridized carbons (Fsp3) is 0.567. The monoisotopic (exact) mass is 579 g/mol. The molecule has 4 heterocycles. The van der Waals surface area contributed by atoms with Gasteiger partial charge in [-0.2, -0.15) is 5.10 Å². The summed E-state index contributed by atoms with van der Waals surface area (Å²) in [6, 6.07) is 4.85. The van der Waals surface area contributed by atoms with E-state index in [1.54, 1.807) is 55.5 Å². The number of nitrogens with zero attached hydrogens (tertiary/aromatic N) is 4. The van der Waals surface area contributed by atoms with Crippen LogP contribution in [0.15, 0.2) is 36.7 Å². The highest BCUT2D eigenvalue weighted by Gasteiger charge is 2.52. The number of carbonyl (C=O) groups excluding carboxylic acids is 4. The first-order valence-electron chi connectivity index (χ1n) is 14.7. The van der Waals surface area contributed by atoms with Crippen molar-refractivity contribution in [2.75, 3.05) is 20.2 Å². The van der Waals surface area contributed by atoms with E-state index in [9.17, 15) is 19.2 Å². The Labute approximate surface area is 246 Å². The molecule has 5 rings (SSSR count). The summed E-state index contributed by atoms with van der Waals surface area (Å²) in [5, 5.41) is 13.2. The smallest absolute Gasteiger partial charge is 0.257 e. The molecular weight excluding hydrogens is 538 g/mol. The van der Waals surface area contributed by atoms with E-state index in [4.69, 9.17) is 4.74 Å². The van der Waals surface area contributed by atoms with Crippen molar-refractivity contribution in [2.24, 2.45) is 7.05 Å². The van der Waals surface area contributed by atoms with E-state index in [1.807, 2.05) is 24.3 Å². The Morgan fingerprint density at radius 3 is 2.57 bits per heavy atom. The molecule has 2 aromatic rings. The molecule has 1 aromatic carbocycles. The van der Waals surface area contributed by atoms with Crippen molar-refractivity contribution in [3.8, 4) is 5.75 Å². The van der Waals surface area contributed by atoms with Crippen LogP contribution >= 0.6 is 0 Å². The number of fused-ring (bicyclic) bond motifs is 2. The molecule has 12 nitrogen and oxygen atoms in total. The quantitative estimate of drug-likeness (QED) is 0.467. The van der Waals surface area contributed by atoms with Crippen LogP contribution in [0.1, 0.15) is 68.4 Å². The number of amides is 4. The lowest BCUT2D eigenvalue weighted by Crippen LogP contribution is -2.70. The molecule has 2 saturated heterocycles. The second-order valence-corrected chi connectivity index (χ2v) is 12.0. The van der Waals surface area contributed by atoms with Gasteiger partial charge in [-0.25, -0.2) is 0 Å². The number of rotatable bonds is 6. The molecule has 42 heavy (non-hydrogen) atoms. The van der Waals surface area contributed by atoms with Gasteiger partial charge in [0.2, 0.25) is 17.7 Å². The number of hydrogen-bond acceptors (Lipinski definition) is 7. The van der Waals surface area contributed by atoms with E-state index in [1.165, 1.54) is 6.20 Å². The van der Waals surface area contributed by atoms with Gasteiger partial charge in [-0.05, 0) is 53.1 Å². The van der Waals surface area contributed by atoms with Gasteiger partial charge < -0.3 is 30.5 Å². The second-order valence-electron chi connectivity index (χ2n) is 12.0. The molecule has 3 aliphatic rings. The minimum Gasteiger partial charge on any atom is -0.493 e. The largest absolute Gasteiger partial charge is 0.493 e. The second kappa shape index (κ2) is 11.7. The SMILES string of the molecule is CN[C@@H](C)C(=O)N[C@@H]1C(=O)N2[C@H](CC[C@H]2C(=O)N[C@@H]2CCOc3ccccc32)CCN(C(=O)c2cnn(C)c2)C1(C)C. The summed E-state index contributed by atoms with van der Waals surface area (Å²) in [5.41, 5.74) is 0.216. The molecule has 3 N–H and O–H groups in total. The van der Waals surface area contributed by atoms with E-state index in [0.717, 1.165) is 11.3 Å². The van der Waals surface area contributed by atoms with Crippen molar-refractivity contribution in [3.63, 3.8) is 0 Å². The first kappa shape index (κ1) is 29.6. The lowest BCUT2D eigenvalue weighted by atomic mass is 9.87. The third-order valence-electron chi connectivity index (χ3n) is 8.98. The van der Waals surface area contributed by atoms with Crippen LogP contribution in [0, 0.1) is 0 Å². The molecule has 5 atom stereocenters. The summed E-state index contributed by atoms with van der Waals surface area (Å²) < 4.78 is 7.32. The van der Waals surface area contributed by atoms with Crippen LogP contribution in [-0.2, 0) is 21.4 Å². The first-order valence-corrected chi connectivity index (χ1v) is 14.7. The summed E-state index contributed by atoms with van der Waals surface area (Å²) in [5.74, 6) is -0.463. The Bertz CT molecular complexity index is 1360. The highest BCUT2D eigenvalue weighted by Crippen LogP contribution is 2.36. The maximum absolute atomic E-state index is 14.5. The lowest BCUT2D eigenvalue weighted by Gasteiger charge is -2.48. The predicted molar refractivity (Wildman–Crippen MR) is 154 cm³/mol. The Morgan fingerprint density at radius 1 is 1.10 bits per heavy atom. The van der Waals surface area contributed by atoms with Gasteiger partial charge in [0.05, 0.1) is 36.0 Å². The molecular formula is C30H41N7O5. The van der Waals surface area contributed by atoms with Crippen molar-refractivity contribution < 1.29 is 23.9 Å². The Hall–Kier alpha value is -3.93. The van der Waals surface area contributed by atoms with Crippen molar-refractivity contribution in [1.82, 2.24) is 35.5 Å². The molecule has 12 heteroatoms. The van der Waals surface area contributed by atoms with E-state index >= 15 is 0 Å². The van der Waals surface area contributed by atoms with Crippen LogP contribution in [0.5, 0.6) is 5.75 Å². The number of likely N-dealkylation sites (N-methyl/N-ethyl adjacent to an activating group) is 1. The number of hydrogen-bond donors (Lipinski definition) is 3. The summed E-state index contributed by atoms with van der Waals surface area (Å²) in [6.45, 7) is 6.13. The van der Waals surface area contributed by atoms with E-state index < -0.39 is 23.7 Å². The van der Waals surface area contributed by atoms with E-state index in [-0.39, 0.29) is 35.7 Å². The predicted octanol–water partition coefficient (Wildman–Crippen LogP) is 1.14. The molecule has 226 valence electrons. The highest BCUT2D eigenvalue weighted by atomic mass is 16.5. The maximum Gasteiger partial charge on any atom is 0.257 e. The van der Waals surface area contributed by atoms with Gasteiger partial charge in [0.1, 0.15) is 17.8 Å². The summed E-state index contributed by atoms with van der Waals surface area (Å²) >= 11 is 0. The lowest BCUT2D eigenvalue weighted by molar-refractivity contribution is -0.148. The van der Waals surface area contributed by atoms with Gasteiger partial charge in [-0.1, -0.05) is 18.2 Å². The first-order chi connectivity index (χ1) is 20.0. The van der Waals surface area contributed by atoms with Gasteiger partial charge in [-0.15, -0.1) is 0 Å². The Kier molecular flexibility index (Phi) is 8.27. The van der Waals surface area contributed by atoms with Crippen LogP contribution in [0.3, 0.4) is 0 Å². The van der Waals surface area contributed by atoms with E-state index in [2.05, 4.69) is 21.0 Å². The average Bonchev–Trinajstić information content (AvgIpc) is 3.60. The molecule has 0 bridgehead atoms. The number of nitrogens with one attached hydrogen (secondary N) is 3. The Balaban J connectivity index is 1.44.